The highest BCUT2D eigenvalue weighted by molar-refractivity contribution is 5.94. The molecule has 1 amide bonds. The number of nitrogens with zero attached hydrogens (tertiary/aromatic N) is 4. The monoisotopic (exact) mass is 299 g/mol. The number of aromatic nitrogens is 3. The van der Waals surface area contributed by atoms with E-state index in [1.807, 2.05) is 0 Å². The molecule has 0 aliphatic carbocycles. The number of hydrogen-bond donors (Lipinski definition) is 1. The number of rotatable bonds is 9. The van der Waals surface area contributed by atoms with Crippen molar-refractivity contribution in [2.45, 2.75) is 13.5 Å². The van der Waals surface area contributed by atoms with E-state index in [4.69, 9.17) is 15.2 Å². The fraction of sp³-hybridized carbons (Fsp3) is 0.667. The Bertz CT molecular complexity index is 462. The van der Waals surface area contributed by atoms with Gasteiger partial charge in [0.2, 0.25) is 0 Å². The van der Waals surface area contributed by atoms with E-state index in [9.17, 15) is 9.59 Å². The first-order valence-corrected chi connectivity index (χ1v) is 6.66. The highest BCUT2D eigenvalue weighted by Crippen LogP contribution is 2.02. The highest BCUT2D eigenvalue weighted by atomic mass is 16.5. The van der Waals surface area contributed by atoms with E-state index in [0.717, 1.165) is 0 Å². The molecule has 0 atom stereocenters. The lowest BCUT2D eigenvalue weighted by Crippen LogP contribution is -2.38. The molecule has 9 heteroatoms. The summed E-state index contributed by atoms with van der Waals surface area (Å²) in [4.78, 5) is 25.2. The van der Waals surface area contributed by atoms with Crippen LogP contribution in [0.15, 0.2) is 6.20 Å². The Hall–Kier alpha value is -2.00. The smallest absolute Gasteiger partial charge is 0.325 e. The van der Waals surface area contributed by atoms with Crippen molar-refractivity contribution < 1.29 is 19.1 Å². The summed E-state index contributed by atoms with van der Waals surface area (Å²) in [6.07, 6.45) is 1.50. The molecule has 118 valence electrons. The maximum Gasteiger partial charge on any atom is 0.325 e. The third kappa shape index (κ3) is 5.48. The van der Waals surface area contributed by atoms with Gasteiger partial charge in [-0.2, -0.15) is 0 Å². The van der Waals surface area contributed by atoms with Crippen molar-refractivity contribution in [1.29, 1.82) is 0 Å². The number of carbonyl (C=O) groups is 2. The van der Waals surface area contributed by atoms with Gasteiger partial charge in [-0.25, -0.2) is 0 Å². The van der Waals surface area contributed by atoms with Crippen LogP contribution in [0.5, 0.6) is 0 Å². The number of esters is 1. The van der Waals surface area contributed by atoms with Gasteiger partial charge in [0.1, 0.15) is 6.54 Å². The highest BCUT2D eigenvalue weighted by Gasteiger charge is 2.21. The van der Waals surface area contributed by atoms with Crippen molar-refractivity contribution in [2.24, 2.45) is 5.73 Å². The number of ether oxygens (including phenoxy) is 2. The van der Waals surface area contributed by atoms with E-state index in [1.54, 1.807) is 6.92 Å². The van der Waals surface area contributed by atoms with Gasteiger partial charge < -0.3 is 20.1 Å². The molecule has 9 nitrogen and oxygen atoms in total. The average molecular weight is 299 g/mol. The van der Waals surface area contributed by atoms with Crippen molar-refractivity contribution >= 4 is 11.9 Å². The van der Waals surface area contributed by atoms with Crippen LogP contribution in [0.2, 0.25) is 0 Å². The van der Waals surface area contributed by atoms with Crippen LogP contribution < -0.4 is 5.73 Å². The zero-order valence-corrected chi connectivity index (χ0v) is 12.3. The molecular formula is C12H21N5O4. The van der Waals surface area contributed by atoms with Crippen LogP contribution in [-0.4, -0.2) is 71.7 Å². The minimum atomic E-state index is -0.476. The SMILES string of the molecule is CCOC(=O)CN(CCOC)C(=O)c1cn(CCN)nn1. The zero-order chi connectivity index (χ0) is 15.7. The van der Waals surface area contributed by atoms with Crippen LogP contribution in [0.25, 0.3) is 0 Å². The van der Waals surface area contributed by atoms with Crippen LogP contribution in [0.4, 0.5) is 0 Å². The van der Waals surface area contributed by atoms with Gasteiger partial charge in [-0.15, -0.1) is 5.10 Å². The van der Waals surface area contributed by atoms with Gasteiger partial charge in [0.15, 0.2) is 5.69 Å². The molecule has 0 aromatic carbocycles. The number of amides is 1. The van der Waals surface area contributed by atoms with Crippen LogP contribution in [0, 0.1) is 0 Å². The summed E-state index contributed by atoms with van der Waals surface area (Å²) in [5, 5.41) is 7.59. The zero-order valence-electron chi connectivity index (χ0n) is 12.3. The molecule has 1 aromatic rings. The largest absolute Gasteiger partial charge is 0.465 e. The Morgan fingerprint density at radius 1 is 1.48 bits per heavy atom. The number of methoxy groups -OCH3 is 1. The molecule has 0 saturated carbocycles. The molecule has 0 saturated heterocycles. The molecule has 1 heterocycles. The van der Waals surface area contributed by atoms with Crippen molar-refractivity contribution in [1.82, 2.24) is 19.9 Å². The third-order valence-electron chi connectivity index (χ3n) is 2.59. The second kappa shape index (κ2) is 9.03. The van der Waals surface area contributed by atoms with Crippen molar-refractivity contribution in [2.75, 3.05) is 40.0 Å². The molecule has 2 N–H and O–H groups in total. The van der Waals surface area contributed by atoms with Gasteiger partial charge in [0.25, 0.3) is 5.91 Å². The van der Waals surface area contributed by atoms with E-state index in [0.29, 0.717) is 19.7 Å². The molecule has 0 fully saturated rings. The van der Waals surface area contributed by atoms with Crippen molar-refractivity contribution in [3.8, 4) is 0 Å². The lowest BCUT2D eigenvalue weighted by Gasteiger charge is -2.19. The van der Waals surface area contributed by atoms with Gasteiger partial charge in [-0.3, -0.25) is 14.3 Å². The number of carbonyl (C=O) groups excluding carboxylic acids is 2. The molecule has 0 aliphatic rings. The van der Waals surface area contributed by atoms with E-state index < -0.39 is 11.9 Å². The van der Waals surface area contributed by atoms with Crippen LogP contribution in [0.1, 0.15) is 17.4 Å². The van der Waals surface area contributed by atoms with E-state index >= 15 is 0 Å². The van der Waals surface area contributed by atoms with Crippen LogP contribution in [-0.2, 0) is 20.8 Å². The first-order chi connectivity index (χ1) is 10.1. The van der Waals surface area contributed by atoms with Crippen molar-refractivity contribution in [3.63, 3.8) is 0 Å². The van der Waals surface area contributed by atoms with Crippen LogP contribution in [0.3, 0.4) is 0 Å². The minimum absolute atomic E-state index is 0.153. The third-order valence-corrected chi connectivity index (χ3v) is 2.59. The van der Waals surface area contributed by atoms with Crippen LogP contribution >= 0.6 is 0 Å². The Morgan fingerprint density at radius 3 is 2.86 bits per heavy atom. The Kier molecular flexibility index (Phi) is 7.33. The first kappa shape index (κ1) is 17.1. The summed E-state index contributed by atoms with van der Waals surface area (Å²) in [5.41, 5.74) is 5.57. The summed E-state index contributed by atoms with van der Waals surface area (Å²) >= 11 is 0. The Balaban J connectivity index is 2.74. The molecular weight excluding hydrogens is 278 g/mol. The van der Waals surface area contributed by atoms with E-state index in [-0.39, 0.29) is 25.4 Å². The van der Waals surface area contributed by atoms with Gasteiger partial charge in [-0.05, 0) is 6.92 Å². The van der Waals surface area contributed by atoms with E-state index in [2.05, 4.69) is 10.3 Å². The summed E-state index contributed by atoms with van der Waals surface area (Å²) in [6, 6.07) is 0. The number of hydrogen-bond acceptors (Lipinski definition) is 7. The lowest BCUT2D eigenvalue weighted by atomic mass is 10.3. The molecule has 21 heavy (non-hydrogen) atoms. The van der Waals surface area contributed by atoms with E-state index in [1.165, 1.54) is 22.9 Å². The average Bonchev–Trinajstić information content (AvgIpc) is 2.92. The van der Waals surface area contributed by atoms with Gasteiger partial charge in [-0.1, -0.05) is 5.21 Å². The summed E-state index contributed by atoms with van der Waals surface area (Å²) in [6.45, 7) is 3.25. The summed E-state index contributed by atoms with van der Waals surface area (Å²) < 4.78 is 11.3. The molecule has 1 rings (SSSR count). The number of nitrogens with two attached hydrogens (primary N) is 1. The quantitative estimate of drug-likeness (QED) is 0.575. The Morgan fingerprint density at radius 2 is 2.24 bits per heavy atom. The topological polar surface area (TPSA) is 113 Å². The molecule has 0 radical (unpaired) electrons. The summed E-state index contributed by atoms with van der Waals surface area (Å²) in [7, 11) is 1.52. The fourth-order valence-electron chi connectivity index (χ4n) is 1.62. The molecule has 0 spiro atoms. The standard InChI is InChI=1S/C12H21N5O4/c1-3-21-11(18)9-16(6-7-20-2)12(19)10-8-17(5-4-13)15-14-10/h8H,3-7,9,13H2,1-2H3. The molecule has 0 aliphatic heterocycles. The predicted octanol–water partition coefficient (Wildman–Crippen LogP) is -1.11. The Labute approximate surface area is 123 Å². The van der Waals surface area contributed by atoms with Gasteiger partial charge in [0, 0.05) is 20.2 Å². The second-order valence-corrected chi connectivity index (χ2v) is 4.18. The van der Waals surface area contributed by atoms with Crippen molar-refractivity contribution in [3.05, 3.63) is 11.9 Å². The lowest BCUT2D eigenvalue weighted by molar-refractivity contribution is -0.143. The maximum atomic E-state index is 12.3. The molecule has 1 aromatic heterocycles. The van der Waals surface area contributed by atoms with Gasteiger partial charge >= 0.3 is 5.97 Å². The summed E-state index contributed by atoms with van der Waals surface area (Å²) in [5.74, 6) is -0.875. The normalized spacial score (nSPS) is 10.4. The molecule has 0 bridgehead atoms. The van der Waals surface area contributed by atoms with Gasteiger partial charge in [0.05, 0.1) is 26.0 Å². The maximum absolute atomic E-state index is 12.3. The second-order valence-electron chi connectivity index (χ2n) is 4.18. The molecule has 0 unspecified atom stereocenters. The first-order valence-electron chi connectivity index (χ1n) is 6.66. The predicted molar refractivity (Wildman–Crippen MR) is 73.5 cm³/mol. The minimum Gasteiger partial charge on any atom is -0.465 e. The fourth-order valence-corrected chi connectivity index (χ4v) is 1.62.